The lowest BCUT2D eigenvalue weighted by Crippen LogP contribution is -2.17. The summed E-state index contributed by atoms with van der Waals surface area (Å²) in [6, 6.07) is 0. The predicted octanol–water partition coefficient (Wildman–Crippen LogP) is 0.345. The maximum atomic E-state index is 9.92. The zero-order valence-electron chi connectivity index (χ0n) is 4.73. The van der Waals surface area contributed by atoms with Crippen molar-refractivity contribution in [2.45, 2.75) is 5.38 Å². The third-order valence-electron chi connectivity index (χ3n) is 0.599. The maximum absolute atomic E-state index is 9.92. The molecule has 2 atom stereocenters. The molecule has 0 saturated carbocycles. The van der Waals surface area contributed by atoms with E-state index in [0.717, 1.165) is 0 Å². The number of carboxylic acids is 1. The van der Waals surface area contributed by atoms with E-state index in [2.05, 4.69) is 4.52 Å². The van der Waals surface area contributed by atoms with Crippen LogP contribution in [-0.2, 0) is 13.9 Å². The van der Waals surface area contributed by atoms with E-state index in [0.29, 0.717) is 0 Å². The minimum absolute atomic E-state index is 0.470. The molecule has 0 aliphatic heterocycles. The van der Waals surface area contributed by atoms with Gasteiger partial charge in [0.05, 0.1) is 0 Å². The lowest BCUT2D eigenvalue weighted by molar-refractivity contribution is -0.137. The molecule has 10 heavy (non-hydrogen) atoms. The van der Waals surface area contributed by atoms with E-state index in [1.54, 1.807) is 0 Å². The Hall–Kier alpha value is -0.220. The van der Waals surface area contributed by atoms with Gasteiger partial charge in [0.2, 0.25) is 0 Å². The molecule has 7 heteroatoms. The number of carbonyl (C=O) groups is 1. The number of rotatable bonds is 4. The van der Waals surface area contributed by atoms with Gasteiger partial charge in [-0.05, 0) is 0 Å². The van der Waals surface area contributed by atoms with Gasteiger partial charge in [-0.1, -0.05) is 0 Å². The molecule has 0 aromatic heterocycles. The Morgan fingerprint density at radius 3 is 2.60 bits per heavy atom. The van der Waals surface area contributed by atoms with Crippen molar-refractivity contribution in [3.63, 3.8) is 0 Å². The first-order chi connectivity index (χ1) is 4.54. The van der Waals surface area contributed by atoms with E-state index in [4.69, 9.17) is 21.6 Å². The number of aliphatic carboxylic acids is 1. The second kappa shape index (κ2) is 4.57. The summed E-state index contributed by atoms with van der Waals surface area (Å²) >= 11 is 5.10. The van der Waals surface area contributed by atoms with Crippen LogP contribution in [0.1, 0.15) is 0 Å². The zero-order chi connectivity index (χ0) is 8.15. The predicted molar refractivity (Wildman–Crippen MR) is 33.1 cm³/mol. The van der Waals surface area contributed by atoms with Crippen LogP contribution >= 0.6 is 19.9 Å². The number of hydrogen-bond donors (Lipinski definition) is 2. The van der Waals surface area contributed by atoms with Crippen molar-refractivity contribution in [2.24, 2.45) is 0 Å². The lowest BCUT2D eigenvalue weighted by atomic mass is 10.5. The third kappa shape index (κ3) is 4.64. The van der Waals surface area contributed by atoms with E-state index in [9.17, 15) is 9.36 Å². The Morgan fingerprint density at radius 1 is 1.80 bits per heavy atom. The maximum Gasteiger partial charge on any atom is 0.694 e. The van der Waals surface area contributed by atoms with Crippen LogP contribution in [0, 0.1) is 0 Å². The van der Waals surface area contributed by atoms with Crippen molar-refractivity contribution >= 4 is 25.8 Å². The molecule has 0 aromatic rings. The summed E-state index contributed by atoms with van der Waals surface area (Å²) in [6.07, 6.45) is 0. The Balaban J connectivity index is 3.49. The van der Waals surface area contributed by atoms with Gasteiger partial charge in [0, 0.05) is 4.57 Å². The van der Waals surface area contributed by atoms with E-state index in [1.807, 2.05) is 0 Å². The Morgan fingerprint density at radius 2 is 2.30 bits per heavy atom. The van der Waals surface area contributed by atoms with Gasteiger partial charge in [0.1, 0.15) is 6.61 Å². The Kier molecular flexibility index (Phi) is 4.47. The van der Waals surface area contributed by atoms with Crippen molar-refractivity contribution in [3.8, 4) is 0 Å². The summed E-state index contributed by atoms with van der Waals surface area (Å²) in [5, 5.41) is 6.83. The quantitative estimate of drug-likeness (QED) is 0.490. The first-order valence-electron chi connectivity index (χ1n) is 2.20. The number of hydrogen-bond acceptors (Lipinski definition) is 3. The summed E-state index contributed by atoms with van der Waals surface area (Å²) in [6.45, 7) is -0.470. The molecule has 0 aliphatic carbocycles. The number of halogens is 1. The molecule has 0 amide bonds. The minimum atomic E-state index is -2.76. The lowest BCUT2D eigenvalue weighted by Gasteiger charge is -1.94. The molecule has 5 nitrogen and oxygen atoms in total. The number of alkyl halides is 1. The summed E-state index contributed by atoms with van der Waals surface area (Å²) < 4.78 is 13.8. The highest BCUT2D eigenvalue weighted by Crippen LogP contribution is 2.15. The summed E-state index contributed by atoms with van der Waals surface area (Å²) in [7, 11) is -2.76. The van der Waals surface area contributed by atoms with Gasteiger partial charge < -0.3 is 5.11 Å². The summed E-state index contributed by atoms with van der Waals surface area (Å²) in [5.74, 6) is -1.28. The monoisotopic (exact) mass is 187 g/mol. The van der Waals surface area contributed by atoms with Gasteiger partial charge in [-0.3, -0.25) is 4.79 Å². The highest BCUT2D eigenvalue weighted by Gasteiger charge is 2.21. The Bertz CT molecular complexity index is 148. The molecule has 0 bridgehead atoms. The van der Waals surface area contributed by atoms with E-state index >= 15 is 0 Å². The van der Waals surface area contributed by atoms with Crippen molar-refractivity contribution in [1.82, 2.24) is 0 Å². The number of carboxylic acid groups (broad SMARTS) is 1. The van der Waals surface area contributed by atoms with E-state index < -0.39 is 26.2 Å². The zero-order valence-corrected chi connectivity index (χ0v) is 6.38. The average molecular weight is 187 g/mol. The highest BCUT2D eigenvalue weighted by molar-refractivity contribution is 7.32. The molecule has 2 unspecified atom stereocenters. The second-order valence-electron chi connectivity index (χ2n) is 1.34. The van der Waals surface area contributed by atoms with Crippen LogP contribution in [0.4, 0.5) is 0 Å². The van der Waals surface area contributed by atoms with Crippen molar-refractivity contribution in [1.29, 1.82) is 0 Å². The molecule has 2 N–H and O–H groups in total. The largest absolute Gasteiger partial charge is 0.694 e. The molecule has 0 heterocycles. The molecule has 0 rings (SSSR count). The molecule has 0 fully saturated rings. The average Bonchev–Trinajstić information content (AvgIpc) is 1.82. The smallest absolute Gasteiger partial charge is 0.480 e. The van der Waals surface area contributed by atoms with Crippen LogP contribution in [0.3, 0.4) is 0 Å². The normalized spacial score (nSPS) is 14.4. The van der Waals surface area contributed by atoms with Crippen molar-refractivity contribution < 1.29 is 23.9 Å². The van der Waals surface area contributed by atoms with Gasteiger partial charge in [-0.2, -0.15) is 0 Å². The van der Waals surface area contributed by atoms with Gasteiger partial charge in [0.15, 0.2) is 5.38 Å². The Labute approximate surface area is 62.5 Å². The molecule has 0 aromatic carbocycles. The van der Waals surface area contributed by atoms with Gasteiger partial charge in [-0.25, -0.2) is 0 Å². The van der Waals surface area contributed by atoms with Crippen molar-refractivity contribution in [3.05, 3.63) is 0 Å². The minimum Gasteiger partial charge on any atom is -0.480 e. The molecular formula is C3H5ClO5P+. The van der Waals surface area contributed by atoms with Crippen LogP contribution in [0.2, 0.25) is 0 Å². The van der Waals surface area contributed by atoms with Crippen LogP contribution < -0.4 is 0 Å². The fourth-order valence-corrected chi connectivity index (χ4v) is 0.628. The van der Waals surface area contributed by atoms with Crippen molar-refractivity contribution in [2.75, 3.05) is 6.61 Å². The van der Waals surface area contributed by atoms with Gasteiger partial charge in [-0.15, -0.1) is 21.0 Å². The topological polar surface area (TPSA) is 83.8 Å². The molecule has 0 radical (unpaired) electrons. The standard InChI is InChI=1S/C3H4ClO5P/c4-2(3(5)6)1-9-10(7)8/h2H,1H2,(H-,5,6,7,8)/p+1. The first kappa shape index (κ1) is 9.78. The van der Waals surface area contributed by atoms with Crippen LogP contribution in [0.5, 0.6) is 0 Å². The summed E-state index contributed by atoms with van der Waals surface area (Å²) in [5.41, 5.74) is 0. The highest BCUT2D eigenvalue weighted by atomic mass is 35.5. The molecule has 0 aliphatic rings. The van der Waals surface area contributed by atoms with Crippen LogP contribution in [-0.4, -0.2) is 28.0 Å². The van der Waals surface area contributed by atoms with Gasteiger partial charge >= 0.3 is 14.2 Å². The van der Waals surface area contributed by atoms with E-state index in [1.165, 1.54) is 0 Å². The third-order valence-corrected chi connectivity index (χ3v) is 1.28. The van der Waals surface area contributed by atoms with E-state index in [-0.39, 0.29) is 0 Å². The molecular weight excluding hydrogens is 182 g/mol. The first-order valence-corrected chi connectivity index (χ1v) is 3.76. The fourth-order valence-electron chi connectivity index (χ4n) is 0.200. The fraction of sp³-hybridized carbons (Fsp3) is 0.667. The molecule has 0 spiro atoms. The SMILES string of the molecule is O=C(O)C(Cl)CO[P+](=O)O. The van der Waals surface area contributed by atoms with Crippen LogP contribution in [0.15, 0.2) is 0 Å². The second-order valence-corrected chi connectivity index (χ2v) is 2.60. The van der Waals surface area contributed by atoms with Crippen LogP contribution in [0.25, 0.3) is 0 Å². The summed E-state index contributed by atoms with van der Waals surface area (Å²) in [4.78, 5) is 17.9. The molecule has 0 saturated heterocycles. The molecule has 58 valence electrons. The van der Waals surface area contributed by atoms with Gasteiger partial charge in [0.25, 0.3) is 0 Å².